The van der Waals surface area contributed by atoms with Crippen molar-refractivity contribution in [3.8, 4) is 5.75 Å². The van der Waals surface area contributed by atoms with Crippen molar-refractivity contribution in [1.82, 2.24) is 9.80 Å². The van der Waals surface area contributed by atoms with Crippen molar-refractivity contribution < 1.29 is 17.9 Å². The number of carbonyl (C=O) groups excluding carboxylic acids is 1. The van der Waals surface area contributed by atoms with Crippen molar-refractivity contribution in [3.63, 3.8) is 0 Å². The second kappa shape index (κ2) is 8.90. The van der Waals surface area contributed by atoms with Crippen LogP contribution >= 0.6 is 22.9 Å². The Morgan fingerprint density at radius 1 is 1.09 bits per heavy atom. The summed E-state index contributed by atoms with van der Waals surface area (Å²) >= 11 is 7.55. The van der Waals surface area contributed by atoms with Crippen LogP contribution in [-0.2, 0) is 10.0 Å². The van der Waals surface area contributed by atoms with Gasteiger partial charge in [-0.15, -0.1) is 11.3 Å². The third kappa shape index (κ3) is 4.30. The smallest absolute Gasteiger partial charge is 0.264 e. The molecule has 1 fully saturated rings. The molecule has 0 bridgehead atoms. The number of halogens is 1. The topological polar surface area (TPSA) is 70.2 Å². The van der Waals surface area contributed by atoms with Gasteiger partial charge in [-0.05, 0) is 54.9 Å². The first-order chi connectivity index (χ1) is 15.2. The number of hydrogen-bond acceptors (Lipinski definition) is 6. The fraction of sp³-hybridized carbons (Fsp3) is 0.318. The fourth-order valence-corrected chi connectivity index (χ4v) is 6.15. The molecule has 32 heavy (non-hydrogen) atoms. The van der Waals surface area contributed by atoms with Crippen molar-refractivity contribution in [2.75, 3.05) is 51.7 Å². The van der Waals surface area contributed by atoms with E-state index in [1.807, 2.05) is 24.1 Å². The molecule has 1 aliphatic heterocycles. The maximum Gasteiger partial charge on any atom is 0.264 e. The Bertz CT molecular complexity index is 1270. The molecule has 0 N–H and O–H groups in total. The molecule has 1 saturated heterocycles. The highest BCUT2D eigenvalue weighted by atomic mass is 35.5. The standard InChI is InChI=1S/C22H24ClN3O4S2/c1-24-8-10-26(11-9-24)22(27)21-13-15-12-16(4-7-20(15)31-21)25(2)32(28,29)17-5-6-19(30-3)18(23)14-17/h4-7,12-14H,8-11H2,1-3H3. The van der Waals surface area contributed by atoms with Crippen molar-refractivity contribution in [2.45, 2.75) is 4.90 Å². The predicted molar refractivity (Wildman–Crippen MR) is 129 cm³/mol. The van der Waals surface area contributed by atoms with Gasteiger partial charge in [0.25, 0.3) is 15.9 Å². The fourth-order valence-electron chi connectivity index (χ4n) is 3.60. The zero-order valence-electron chi connectivity index (χ0n) is 18.0. The van der Waals surface area contributed by atoms with Gasteiger partial charge < -0.3 is 14.5 Å². The molecule has 0 unspecified atom stereocenters. The number of likely N-dealkylation sites (N-methyl/N-ethyl adjacent to an activating group) is 1. The molecule has 0 atom stereocenters. The molecule has 3 aromatic rings. The van der Waals surface area contributed by atoms with Gasteiger partial charge in [0.15, 0.2) is 0 Å². The quantitative estimate of drug-likeness (QED) is 0.541. The van der Waals surface area contributed by atoms with Crippen LogP contribution in [0.25, 0.3) is 10.1 Å². The van der Waals surface area contributed by atoms with E-state index in [1.54, 1.807) is 12.1 Å². The number of carbonyl (C=O) groups is 1. The number of ether oxygens (including phenoxy) is 1. The average Bonchev–Trinajstić information content (AvgIpc) is 3.22. The number of benzene rings is 2. The lowest BCUT2D eigenvalue weighted by Gasteiger charge is -2.32. The molecule has 2 heterocycles. The molecule has 170 valence electrons. The van der Waals surface area contributed by atoms with Crippen LogP contribution in [0.2, 0.25) is 5.02 Å². The molecule has 0 aliphatic carbocycles. The summed E-state index contributed by atoms with van der Waals surface area (Å²) in [4.78, 5) is 17.7. The van der Waals surface area contributed by atoms with E-state index >= 15 is 0 Å². The molecule has 1 aromatic heterocycles. The molecule has 0 saturated carbocycles. The summed E-state index contributed by atoms with van der Waals surface area (Å²) in [5, 5.41) is 1.06. The van der Waals surface area contributed by atoms with Crippen LogP contribution in [0.15, 0.2) is 47.4 Å². The van der Waals surface area contributed by atoms with Crippen molar-refractivity contribution in [3.05, 3.63) is 52.4 Å². The van der Waals surface area contributed by atoms with Crippen LogP contribution in [0.1, 0.15) is 9.67 Å². The minimum atomic E-state index is -3.82. The highest BCUT2D eigenvalue weighted by Gasteiger charge is 2.24. The summed E-state index contributed by atoms with van der Waals surface area (Å²) in [7, 11) is 1.20. The number of fused-ring (bicyclic) bond motifs is 1. The number of methoxy groups -OCH3 is 1. The summed E-state index contributed by atoms with van der Waals surface area (Å²) in [6, 6.07) is 11.6. The van der Waals surface area contributed by atoms with E-state index in [1.165, 1.54) is 48.0 Å². The number of sulfonamides is 1. The maximum absolute atomic E-state index is 13.1. The number of rotatable bonds is 5. The van der Waals surface area contributed by atoms with E-state index in [2.05, 4.69) is 4.90 Å². The summed E-state index contributed by atoms with van der Waals surface area (Å²) in [6.07, 6.45) is 0. The van der Waals surface area contributed by atoms with E-state index in [-0.39, 0.29) is 15.8 Å². The van der Waals surface area contributed by atoms with Gasteiger partial charge in [-0.1, -0.05) is 11.6 Å². The van der Waals surface area contributed by atoms with Crippen LogP contribution < -0.4 is 9.04 Å². The molecule has 10 heteroatoms. The van der Waals surface area contributed by atoms with Crippen LogP contribution in [0, 0.1) is 0 Å². The largest absolute Gasteiger partial charge is 0.495 e. The van der Waals surface area contributed by atoms with Gasteiger partial charge in [-0.2, -0.15) is 0 Å². The van der Waals surface area contributed by atoms with Gasteiger partial charge in [0, 0.05) is 37.9 Å². The zero-order valence-corrected chi connectivity index (χ0v) is 20.4. The number of piperazine rings is 1. The molecular formula is C22H24ClN3O4S2. The monoisotopic (exact) mass is 493 g/mol. The molecule has 4 rings (SSSR count). The zero-order chi connectivity index (χ0) is 23.0. The van der Waals surface area contributed by atoms with E-state index in [9.17, 15) is 13.2 Å². The van der Waals surface area contributed by atoms with E-state index in [0.717, 1.165) is 23.2 Å². The molecule has 1 amide bonds. The van der Waals surface area contributed by atoms with Gasteiger partial charge in [0.05, 0.1) is 27.6 Å². The molecule has 2 aromatic carbocycles. The summed E-state index contributed by atoms with van der Waals surface area (Å²) in [5.74, 6) is 0.431. The lowest BCUT2D eigenvalue weighted by Crippen LogP contribution is -2.46. The first-order valence-electron chi connectivity index (χ1n) is 10.0. The van der Waals surface area contributed by atoms with Crippen LogP contribution in [-0.4, -0.2) is 71.5 Å². The van der Waals surface area contributed by atoms with E-state index < -0.39 is 10.0 Å². The number of nitrogens with zero attached hydrogens (tertiary/aromatic N) is 3. The van der Waals surface area contributed by atoms with Crippen molar-refractivity contribution >= 4 is 54.6 Å². The molecule has 0 radical (unpaired) electrons. The van der Waals surface area contributed by atoms with Gasteiger partial charge in [0.1, 0.15) is 5.75 Å². The Labute approximate surface area is 196 Å². The third-order valence-electron chi connectivity index (χ3n) is 5.65. The van der Waals surface area contributed by atoms with Crippen molar-refractivity contribution in [1.29, 1.82) is 0 Å². The number of thiophene rings is 1. The summed E-state index contributed by atoms with van der Waals surface area (Å²) in [5.41, 5.74) is 0.501. The van der Waals surface area contributed by atoms with Crippen LogP contribution in [0.3, 0.4) is 0 Å². The van der Waals surface area contributed by atoms with Gasteiger partial charge in [-0.25, -0.2) is 8.42 Å². The Morgan fingerprint density at radius 2 is 1.81 bits per heavy atom. The number of hydrogen-bond donors (Lipinski definition) is 0. The predicted octanol–water partition coefficient (Wildman–Crippen LogP) is 3.78. The van der Waals surface area contributed by atoms with Gasteiger partial charge in [0.2, 0.25) is 0 Å². The van der Waals surface area contributed by atoms with Gasteiger partial charge in [-0.3, -0.25) is 9.10 Å². The lowest BCUT2D eigenvalue weighted by atomic mass is 10.2. The van der Waals surface area contributed by atoms with Crippen molar-refractivity contribution in [2.24, 2.45) is 0 Å². The third-order valence-corrected chi connectivity index (χ3v) is 8.83. The second-order valence-electron chi connectivity index (χ2n) is 7.70. The first-order valence-corrected chi connectivity index (χ1v) is 12.7. The first kappa shape index (κ1) is 22.8. The normalized spacial score (nSPS) is 15.2. The Morgan fingerprint density at radius 3 is 2.47 bits per heavy atom. The Hall–Kier alpha value is -2.33. The Kier molecular flexibility index (Phi) is 6.35. The maximum atomic E-state index is 13.1. The molecule has 1 aliphatic rings. The highest BCUT2D eigenvalue weighted by Crippen LogP contribution is 2.33. The SMILES string of the molecule is COc1ccc(S(=O)(=O)N(C)c2ccc3sc(C(=O)N4CCN(C)CC4)cc3c2)cc1Cl. The minimum Gasteiger partial charge on any atom is -0.495 e. The van der Waals surface area contributed by atoms with E-state index in [0.29, 0.717) is 29.4 Å². The average molecular weight is 494 g/mol. The second-order valence-corrected chi connectivity index (χ2v) is 11.2. The minimum absolute atomic E-state index is 0.0229. The molecular weight excluding hydrogens is 470 g/mol. The highest BCUT2D eigenvalue weighted by molar-refractivity contribution is 7.92. The molecule has 7 nitrogen and oxygen atoms in total. The van der Waals surface area contributed by atoms with E-state index in [4.69, 9.17) is 16.3 Å². The van der Waals surface area contributed by atoms with Crippen LogP contribution in [0.5, 0.6) is 5.75 Å². The lowest BCUT2D eigenvalue weighted by molar-refractivity contribution is 0.0669. The Balaban J connectivity index is 1.60. The summed E-state index contributed by atoms with van der Waals surface area (Å²) in [6.45, 7) is 3.14. The number of amides is 1. The van der Waals surface area contributed by atoms with Gasteiger partial charge >= 0.3 is 0 Å². The summed E-state index contributed by atoms with van der Waals surface area (Å²) < 4.78 is 33.5. The van der Waals surface area contributed by atoms with Crippen LogP contribution in [0.4, 0.5) is 5.69 Å². The number of anilines is 1. The molecule has 0 spiro atoms.